The van der Waals surface area contributed by atoms with E-state index in [0.29, 0.717) is 23.7 Å². The van der Waals surface area contributed by atoms with Gasteiger partial charge in [-0.15, -0.1) is 0 Å². The number of fused-ring (bicyclic) bond motifs is 1. The highest BCUT2D eigenvalue weighted by Gasteiger charge is 2.35. The number of rotatable bonds is 4. The Morgan fingerprint density at radius 2 is 2.35 bits per heavy atom. The zero-order valence-corrected chi connectivity index (χ0v) is 12.3. The Kier molecular flexibility index (Phi) is 4.05. The van der Waals surface area contributed by atoms with Crippen LogP contribution < -0.4 is 5.73 Å². The molecule has 0 radical (unpaired) electrons. The monoisotopic (exact) mass is 280 g/mol. The standard InChI is InChI=1S/C14H24N4O2/c1-3-9(2)12(15)14-16-13(17-20-14)11-7-18-6-4-5-10(18)8-19-11/h9-12H,3-8,15H2,1-2H3. The maximum absolute atomic E-state index is 6.13. The number of nitrogens with zero attached hydrogens (tertiary/aromatic N) is 3. The van der Waals surface area contributed by atoms with E-state index in [0.717, 1.165) is 26.1 Å². The number of ether oxygens (including phenoxy) is 1. The third-order valence-electron chi connectivity index (χ3n) is 4.68. The molecule has 2 aliphatic rings. The highest BCUT2D eigenvalue weighted by atomic mass is 16.5. The van der Waals surface area contributed by atoms with Crippen molar-refractivity contribution in [3.8, 4) is 0 Å². The molecule has 2 saturated heterocycles. The van der Waals surface area contributed by atoms with Crippen LogP contribution in [0.4, 0.5) is 0 Å². The van der Waals surface area contributed by atoms with Gasteiger partial charge in [-0.2, -0.15) is 4.98 Å². The fourth-order valence-electron chi connectivity index (χ4n) is 2.98. The Bertz CT molecular complexity index is 450. The third-order valence-corrected chi connectivity index (χ3v) is 4.68. The number of nitrogens with two attached hydrogens (primary N) is 1. The first-order chi connectivity index (χ1) is 9.69. The number of hydrogen-bond acceptors (Lipinski definition) is 6. The number of hydrogen-bond donors (Lipinski definition) is 1. The minimum absolute atomic E-state index is 0.0778. The third kappa shape index (κ3) is 2.60. The molecule has 6 nitrogen and oxygen atoms in total. The highest BCUT2D eigenvalue weighted by Crippen LogP contribution is 2.29. The molecule has 0 aromatic carbocycles. The van der Waals surface area contributed by atoms with Crippen molar-refractivity contribution >= 4 is 0 Å². The minimum atomic E-state index is -0.190. The lowest BCUT2D eigenvalue weighted by Crippen LogP contribution is -2.42. The van der Waals surface area contributed by atoms with Crippen LogP contribution in [0.5, 0.6) is 0 Å². The van der Waals surface area contributed by atoms with Crippen molar-refractivity contribution in [1.29, 1.82) is 0 Å². The van der Waals surface area contributed by atoms with Gasteiger partial charge in [-0.05, 0) is 25.3 Å². The predicted molar refractivity (Wildman–Crippen MR) is 74.0 cm³/mol. The van der Waals surface area contributed by atoms with E-state index in [1.54, 1.807) is 0 Å². The van der Waals surface area contributed by atoms with Crippen molar-refractivity contribution in [2.24, 2.45) is 11.7 Å². The summed E-state index contributed by atoms with van der Waals surface area (Å²) in [7, 11) is 0. The average Bonchev–Trinajstić information content (AvgIpc) is 3.13. The Balaban J connectivity index is 1.67. The quantitative estimate of drug-likeness (QED) is 0.903. The molecule has 6 heteroatoms. The topological polar surface area (TPSA) is 77.4 Å². The van der Waals surface area contributed by atoms with Crippen LogP contribution in [-0.4, -0.2) is 40.8 Å². The van der Waals surface area contributed by atoms with Crippen molar-refractivity contribution in [3.05, 3.63) is 11.7 Å². The van der Waals surface area contributed by atoms with Crippen molar-refractivity contribution < 1.29 is 9.26 Å². The molecule has 1 aromatic rings. The van der Waals surface area contributed by atoms with E-state index in [-0.39, 0.29) is 12.1 Å². The Morgan fingerprint density at radius 1 is 1.50 bits per heavy atom. The van der Waals surface area contributed by atoms with E-state index < -0.39 is 0 Å². The first-order valence-electron chi connectivity index (χ1n) is 7.63. The Morgan fingerprint density at radius 3 is 3.15 bits per heavy atom. The molecular formula is C14H24N4O2. The molecule has 4 atom stereocenters. The van der Waals surface area contributed by atoms with E-state index >= 15 is 0 Å². The van der Waals surface area contributed by atoms with Crippen LogP contribution in [0.2, 0.25) is 0 Å². The summed E-state index contributed by atoms with van der Waals surface area (Å²) < 4.78 is 11.2. The zero-order chi connectivity index (χ0) is 14.1. The average molecular weight is 280 g/mol. The number of aromatic nitrogens is 2. The van der Waals surface area contributed by atoms with Gasteiger partial charge in [0, 0.05) is 12.6 Å². The minimum Gasteiger partial charge on any atom is -0.367 e. The summed E-state index contributed by atoms with van der Waals surface area (Å²) in [6, 6.07) is 0.393. The molecule has 20 heavy (non-hydrogen) atoms. The molecule has 0 bridgehead atoms. The largest absolute Gasteiger partial charge is 0.367 e. The maximum Gasteiger partial charge on any atom is 0.243 e. The van der Waals surface area contributed by atoms with Gasteiger partial charge in [0.2, 0.25) is 11.7 Å². The summed E-state index contributed by atoms with van der Waals surface area (Å²) in [6.07, 6.45) is 3.42. The molecule has 2 aliphatic heterocycles. The summed E-state index contributed by atoms with van der Waals surface area (Å²) in [5.74, 6) is 1.50. The van der Waals surface area contributed by atoms with E-state index in [1.807, 2.05) is 0 Å². The van der Waals surface area contributed by atoms with E-state index in [4.69, 9.17) is 15.0 Å². The molecular weight excluding hydrogens is 256 g/mol. The van der Waals surface area contributed by atoms with Crippen LogP contribution in [0.15, 0.2) is 4.52 Å². The van der Waals surface area contributed by atoms with Gasteiger partial charge in [0.15, 0.2) is 0 Å². The van der Waals surface area contributed by atoms with Crippen molar-refractivity contribution in [2.45, 2.75) is 51.3 Å². The van der Waals surface area contributed by atoms with Crippen molar-refractivity contribution in [3.63, 3.8) is 0 Å². The van der Waals surface area contributed by atoms with Crippen molar-refractivity contribution in [2.75, 3.05) is 19.7 Å². The van der Waals surface area contributed by atoms with Gasteiger partial charge in [-0.25, -0.2) is 0 Å². The molecule has 0 amide bonds. The summed E-state index contributed by atoms with van der Waals surface area (Å²) >= 11 is 0. The van der Waals surface area contributed by atoms with Gasteiger partial charge in [0.25, 0.3) is 0 Å². The van der Waals surface area contributed by atoms with Gasteiger partial charge in [-0.3, -0.25) is 4.90 Å². The second-order valence-electron chi connectivity index (χ2n) is 6.02. The van der Waals surface area contributed by atoms with E-state index in [1.165, 1.54) is 12.8 Å². The summed E-state index contributed by atoms with van der Waals surface area (Å²) in [5.41, 5.74) is 6.13. The van der Waals surface area contributed by atoms with E-state index in [9.17, 15) is 0 Å². The van der Waals surface area contributed by atoms with Crippen LogP contribution in [0.25, 0.3) is 0 Å². The molecule has 0 aliphatic carbocycles. The van der Waals surface area contributed by atoms with E-state index in [2.05, 4.69) is 28.9 Å². The molecule has 2 fully saturated rings. The second-order valence-corrected chi connectivity index (χ2v) is 6.02. The molecule has 3 heterocycles. The Labute approximate surface area is 119 Å². The van der Waals surface area contributed by atoms with Crippen LogP contribution in [0, 0.1) is 5.92 Å². The molecule has 2 N–H and O–H groups in total. The number of morpholine rings is 1. The summed E-state index contributed by atoms with van der Waals surface area (Å²) in [4.78, 5) is 6.93. The zero-order valence-electron chi connectivity index (χ0n) is 12.3. The molecule has 1 aromatic heterocycles. The fraction of sp³-hybridized carbons (Fsp3) is 0.857. The summed E-state index contributed by atoms with van der Waals surface area (Å²) in [6.45, 7) is 7.00. The van der Waals surface area contributed by atoms with Crippen LogP contribution in [0.1, 0.15) is 57.0 Å². The van der Waals surface area contributed by atoms with Crippen LogP contribution in [0.3, 0.4) is 0 Å². The normalized spacial score (nSPS) is 30.1. The SMILES string of the molecule is CCC(C)C(N)c1nc(C2CN3CCCC3CO2)no1. The first-order valence-corrected chi connectivity index (χ1v) is 7.63. The van der Waals surface area contributed by atoms with Gasteiger partial charge in [0.1, 0.15) is 6.10 Å². The molecule has 3 rings (SSSR count). The molecule has 4 unspecified atom stereocenters. The lowest BCUT2D eigenvalue weighted by atomic mass is 10.0. The van der Waals surface area contributed by atoms with Gasteiger partial charge >= 0.3 is 0 Å². The summed E-state index contributed by atoms with van der Waals surface area (Å²) in [5, 5.41) is 4.07. The van der Waals surface area contributed by atoms with Gasteiger partial charge in [0.05, 0.1) is 12.6 Å². The smallest absolute Gasteiger partial charge is 0.243 e. The van der Waals surface area contributed by atoms with Crippen LogP contribution in [-0.2, 0) is 4.74 Å². The highest BCUT2D eigenvalue weighted by molar-refractivity contribution is 4.99. The second kappa shape index (κ2) is 5.79. The van der Waals surface area contributed by atoms with Gasteiger partial charge < -0.3 is 15.0 Å². The Hall–Kier alpha value is -0.980. The van der Waals surface area contributed by atoms with Crippen molar-refractivity contribution in [1.82, 2.24) is 15.0 Å². The first kappa shape index (κ1) is 14.0. The lowest BCUT2D eigenvalue weighted by Gasteiger charge is -2.33. The fourth-order valence-corrected chi connectivity index (χ4v) is 2.98. The maximum atomic E-state index is 6.13. The molecule has 112 valence electrons. The molecule has 0 saturated carbocycles. The van der Waals surface area contributed by atoms with Gasteiger partial charge in [-0.1, -0.05) is 25.4 Å². The molecule has 0 spiro atoms. The predicted octanol–water partition coefficient (Wildman–Crippen LogP) is 1.65. The lowest BCUT2D eigenvalue weighted by molar-refractivity contribution is -0.0548. The van der Waals surface area contributed by atoms with Crippen LogP contribution >= 0.6 is 0 Å².